The van der Waals surface area contributed by atoms with E-state index in [1.54, 1.807) is 18.2 Å². The Morgan fingerprint density at radius 2 is 2.31 bits per heavy atom. The summed E-state index contributed by atoms with van der Waals surface area (Å²) in [6.45, 7) is 0. The second-order valence-electron chi connectivity index (χ2n) is 2.55. The van der Waals surface area contributed by atoms with E-state index in [1.807, 2.05) is 0 Å². The van der Waals surface area contributed by atoms with Gasteiger partial charge in [0.1, 0.15) is 11.8 Å². The van der Waals surface area contributed by atoms with Crippen LogP contribution in [0.2, 0.25) is 0 Å². The summed E-state index contributed by atoms with van der Waals surface area (Å²) in [5, 5.41) is 20.6. The predicted molar refractivity (Wildman–Crippen MR) is 46.3 cm³/mol. The van der Waals surface area contributed by atoms with Crippen LogP contribution in [-0.4, -0.2) is 26.3 Å². The molecule has 13 heavy (non-hydrogen) atoms. The molecule has 0 fully saturated rings. The lowest BCUT2D eigenvalue weighted by Gasteiger charge is -1.96. The summed E-state index contributed by atoms with van der Waals surface area (Å²) in [5.41, 5.74) is 1.79. The Morgan fingerprint density at radius 3 is 3.08 bits per heavy atom. The van der Waals surface area contributed by atoms with Gasteiger partial charge in [-0.05, 0) is 6.07 Å². The first-order valence-corrected chi connectivity index (χ1v) is 3.65. The maximum Gasteiger partial charge on any atom is 0.133 e. The fourth-order valence-electron chi connectivity index (χ4n) is 1.24. The highest BCUT2D eigenvalue weighted by Crippen LogP contribution is 2.14. The van der Waals surface area contributed by atoms with Crippen molar-refractivity contribution in [2.75, 3.05) is 0 Å². The molecular formula is C8H7N3O2. The minimum absolute atomic E-state index is 0.528. The van der Waals surface area contributed by atoms with Crippen molar-refractivity contribution in [2.24, 2.45) is 5.16 Å². The Labute approximate surface area is 73.5 Å². The number of nitrogens with zero attached hydrogens (tertiary/aromatic N) is 3. The lowest BCUT2D eigenvalue weighted by Crippen LogP contribution is -1.91. The number of aromatic nitrogens is 2. The maximum absolute atomic E-state index is 9.33. The van der Waals surface area contributed by atoms with Crippen LogP contribution in [0.25, 0.3) is 11.0 Å². The van der Waals surface area contributed by atoms with Crippen LogP contribution in [0.15, 0.2) is 29.7 Å². The van der Waals surface area contributed by atoms with E-state index in [4.69, 9.17) is 5.21 Å². The highest BCUT2D eigenvalue weighted by atomic mass is 16.5. The molecule has 0 unspecified atom stereocenters. The zero-order valence-corrected chi connectivity index (χ0v) is 6.62. The largest absolute Gasteiger partial charge is 0.427 e. The third-order valence-electron chi connectivity index (χ3n) is 1.78. The fraction of sp³-hybridized carbons (Fsp3) is 0. The standard InChI is InChI=1S/C8H7N3O2/c12-10-4-6-2-1-3-7-8(6)11(13)5-9-7/h1-5,12-13H/b10-4+. The number of fused-ring (bicyclic) bond motifs is 1. The van der Waals surface area contributed by atoms with Gasteiger partial charge in [-0.1, -0.05) is 17.3 Å². The summed E-state index contributed by atoms with van der Waals surface area (Å²) in [6, 6.07) is 5.25. The molecule has 2 N–H and O–H groups in total. The van der Waals surface area contributed by atoms with Gasteiger partial charge in [0.2, 0.25) is 0 Å². The number of para-hydroxylation sites is 1. The molecule has 0 saturated carbocycles. The third-order valence-corrected chi connectivity index (χ3v) is 1.78. The lowest BCUT2D eigenvalue weighted by atomic mass is 10.2. The normalized spacial score (nSPS) is 11.4. The van der Waals surface area contributed by atoms with Crippen LogP contribution in [0, 0.1) is 0 Å². The van der Waals surface area contributed by atoms with Gasteiger partial charge in [0.15, 0.2) is 0 Å². The molecule has 0 atom stereocenters. The molecule has 66 valence electrons. The van der Waals surface area contributed by atoms with Gasteiger partial charge in [-0.2, -0.15) is 4.73 Å². The van der Waals surface area contributed by atoms with Crippen LogP contribution in [0.5, 0.6) is 0 Å². The molecule has 0 radical (unpaired) electrons. The number of imidazole rings is 1. The van der Waals surface area contributed by atoms with Gasteiger partial charge in [0.25, 0.3) is 0 Å². The molecule has 1 heterocycles. The van der Waals surface area contributed by atoms with Crippen LogP contribution >= 0.6 is 0 Å². The minimum atomic E-state index is 0.528. The summed E-state index contributed by atoms with van der Waals surface area (Å²) in [4.78, 5) is 3.93. The molecule has 0 saturated heterocycles. The smallest absolute Gasteiger partial charge is 0.133 e. The topological polar surface area (TPSA) is 70.6 Å². The van der Waals surface area contributed by atoms with Crippen molar-refractivity contribution in [2.45, 2.75) is 0 Å². The molecule has 1 aromatic carbocycles. The van der Waals surface area contributed by atoms with E-state index in [1.165, 1.54) is 12.5 Å². The summed E-state index contributed by atoms with van der Waals surface area (Å²) in [7, 11) is 0. The minimum Gasteiger partial charge on any atom is -0.427 e. The van der Waals surface area contributed by atoms with E-state index in [2.05, 4.69) is 10.1 Å². The second-order valence-corrected chi connectivity index (χ2v) is 2.55. The van der Waals surface area contributed by atoms with Gasteiger partial charge in [-0.15, -0.1) is 0 Å². The molecule has 0 bridgehead atoms. The highest BCUT2D eigenvalue weighted by molar-refractivity contribution is 5.96. The van der Waals surface area contributed by atoms with E-state index in [0.717, 1.165) is 4.73 Å². The van der Waals surface area contributed by atoms with Gasteiger partial charge in [-0.25, -0.2) is 4.98 Å². The Kier molecular flexibility index (Phi) is 1.63. The average molecular weight is 177 g/mol. The molecule has 0 aliphatic carbocycles. The van der Waals surface area contributed by atoms with Gasteiger partial charge in [0.05, 0.1) is 11.7 Å². The van der Waals surface area contributed by atoms with Gasteiger partial charge < -0.3 is 10.4 Å². The van der Waals surface area contributed by atoms with Crippen molar-refractivity contribution in [3.63, 3.8) is 0 Å². The van der Waals surface area contributed by atoms with Crippen molar-refractivity contribution < 1.29 is 10.4 Å². The van der Waals surface area contributed by atoms with Gasteiger partial charge in [-0.3, -0.25) is 0 Å². The van der Waals surface area contributed by atoms with Crippen molar-refractivity contribution >= 4 is 17.2 Å². The van der Waals surface area contributed by atoms with Crippen LogP contribution < -0.4 is 0 Å². The third kappa shape index (κ3) is 1.10. The van der Waals surface area contributed by atoms with E-state index in [9.17, 15) is 5.21 Å². The van der Waals surface area contributed by atoms with Crippen molar-refractivity contribution in [1.29, 1.82) is 0 Å². The number of rotatable bonds is 1. The first-order chi connectivity index (χ1) is 6.33. The van der Waals surface area contributed by atoms with E-state index in [0.29, 0.717) is 16.6 Å². The molecule has 0 aliphatic rings. The summed E-state index contributed by atoms with van der Waals surface area (Å²) < 4.78 is 0.895. The molecule has 0 aliphatic heterocycles. The molecule has 0 spiro atoms. The van der Waals surface area contributed by atoms with E-state index >= 15 is 0 Å². The quantitative estimate of drug-likeness (QED) is 0.296. The number of oxime groups is 1. The lowest BCUT2D eigenvalue weighted by molar-refractivity contribution is 0.198. The SMILES string of the molecule is O/N=C/c1cccc2ncn(O)c12. The van der Waals surface area contributed by atoms with Crippen LogP contribution in [-0.2, 0) is 0 Å². The number of benzene rings is 1. The molecule has 2 rings (SSSR count). The summed E-state index contributed by atoms with van der Waals surface area (Å²) >= 11 is 0. The van der Waals surface area contributed by atoms with Crippen LogP contribution in [0.1, 0.15) is 5.56 Å². The van der Waals surface area contributed by atoms with Crippen molar-refractivity contribution in [3.05, 3.63) is 30.1 Å². The Morgan fingerprint density at radius 1 is 1.46 bits per heavy atom. The summed E-state index contributed by atoms with van der Waals surface area (Å²) in [6.07, 6.45) is 2.54. The second kappa shape index (κ2) is 2.78. The van der Waals surface area contributed by atoms with Crippen molar-refractivity contribution in [3.8, 4) is 0 Å². The Bertz CT molecular complexity index is 461. The van der Waals surface area contributed by atoms with E-state index < -0.39 is 0 Å². The fourth-order valence-corrected chi connectivity index (χ4v) is 1.24. The zero-order valence-electron chi connectivity index (χ0n) is 6.62. The molecule has 2 aromatic rings. The van der Waals surface area contributed by atoms with Gasteiger partial charge >= 0.3 is 0 Å². The highest BCUT2D eigenvalue weighted by Gasteiger charge is 2.04. The molecule has 0 amide bonds. The number of hydrogen-bond acceptors (Lipinski definition) is 4. The van der Waals surface area contributed by atoms with Crippen molar-refractivity contribution in [1.82, 2.24) is 9.71 Å². The van der Waals surface area contributed by atoms with E-state index in [-0.39, 0.29) is 0 Å². The first-order valence-electron chi connectivity index (χ1n) is 3.65. The van der Waals surface area contributed by atoms with Crippen LogP contribution in [0.3, 0.4) is 0 Å². The number of hydrogen-bond donors (Lipinski definition) is 2. The Hall–Kier alpha value is -2.04. The van der Waals surface area contributed by atoms with Crippen LogP contribution in [0.4, 0.5) is 0 Å². The molecular weight excluding hydrogens is 170 g/mol. The summed E-state index contributed by atoms with van der Waals surface area (Å²) in [5.74, 6) is 0. The zero-order chi connectivity index (χ0) is 9.26. The maximum atomic E-state index is 9.33. The predicted octanol–water partition coefficient (Wildman–Crippen LogP) is 1.08. The molecule has 5 heteroatoms. The van der Waals surface area contributed by atoms with Gasteiger partial charge in [0, 0.05) is 5.56 Å². The average Bonchev–Trinajstić information content (AvgIpc) is 2.50. The molecule has 1 aromatic heterocycles. The Balaban J connectivity index is 2.80. The first kappa shape index (κ1) is 7.60. The monoisotopic (exact) mass is 177 g/mol. The molecule has 5 nitrogen and oxygen atoms in total.